The Morgan fingerprint density at radius 2 is 1.14 bits per heavy atom. The minimum Gasteiger partial charge on any atom is -0.463 e. The van der Waals surface area contributed by atoms with Gasteiger partial charge in [-0.15, -0.1) is 0 Å². The number of nitrogens with zero attached hydrogens (tertiary/aromatic N) is 6. The molecule has 0 amide bonds. The van der Waals surface area contributed by atoms with Crippen molar-refractivity contribution in [2.75, 3.05) is 33.0 Å². The standard InChI is InChI=1S/C31H44N6O19/c1-17(2)21(40)15-55-23(42)11-20(39)27(46)54-10-7-35-30(49)33(5-8-38)29(48)34(31(35)50)6-9-53-25(44)14-36-26(45)19(37(51)52)12-32(28(36)47)13-24(43)56-16-22(41)18(3)4/h12,17-18,20-22,38-41H,5-11,13-16H2,1-4H3. The molecule has 0 fully saturated rings. The first-order valence-corrected chi connectivity index (χ1v) is 16.9. The van der Waals surface area contributed by atoms with Crippen LogP contribution in [0, 0.1) is 22.0 Å². The van der Waals surface area contributed by atoms with Gasteiger partial charge in [-0.1, -0.05) is 27.7 Å². The van der Waals surface area contributed by atoms with Crippen LogP contribution in [0.1, 0.15) is 34.1 Å². The van der Waals surface area contributed by atoms with Gasteiger partial charge in [0.05, 0.1) is 56.0 Å². The molecule has 25 nitrogen and oxygen atoms in total. The SMILES string of the molecule is CC(C)C(O)COC(=O)CC(O)C(=O)OCCn1c(=O)n(CCO)c(=O)n(CCOC(=O)Cn2c(=O)c([N+](=O)[O-])cn(CC(=O)OCC(O)C(C)C)c2=O)c1=O. The van der Waals surface area contributed by atoms with E-state index in [1.165, 1.54) is 0 Å². The summed E-state index contributed by atoms with van der Waals surface area (Å²) in [6.45, 7) is -0.827. The lowest BCUT2D eigenvalue weighted by Gasteiger charge is -2.16. The van der Waals surface area contributed by atoms with E-state index in [9.17, 15) is 73.7 Å². The first-order valence-electron chi connectivity index (χ1n) is 16.9. The Morgan fingerprint density at radius 3 is 1.62 bits per heavy atom. The van der Waals surface area contributed by atoms with Crippen LogP contribution in [0.3, 0.4) is 0 Å². The van der Waals surface area contributed by atoms with Crippen molar-refractivity contribution in [3.8, 4) is 0 Å². The topological polar surface area (TPSA) is 339 Å². The fourth-order valence-corrected chi connectivity index (χ4v) is 4.36. The predicted molar refractivity (Wildman–Crippen MR) is 184 cm³/mol. The van der Waals surface area contributed by atoms with Gasteiger partial charge in [0.25, 0.3) is 0 Å². The molecule has 0 aliphatic rings. The van der Waals surface area contributed by atoms with Gasteiger partial charge in [0.15, 0.2) is 6.10 Å². The number of hydrogen-bond acceptors (Lipinski definition) is 19. The quantitative estimate of drug-likeness (QED) is 0.0375. The normalized spacial score (nSPS) is 12.9. The molecule has 0 aromatic carbocycles. The van der Waals surface area contributed by atoms with Crippen molar-refractivity contribution in [2.45, 2.75) is 85.2 Å². The fraction of sp³-hybridized carbons (Fsp3) is 0.645. The molecule has 3 unspecified atom stereocenters. The Bertz CT molecular complexity index is 2040. The molecule has 25 heteroatoms. The molecule has 0 bridgehead atoms. The number of hydrogen-bond donors (Lipinski definition) is 4. The summed E-state index contributed by atoms with van der Waals surface area (Å²) in [5, 5.41) is 50.4. The highest BCUT2D eigenvalue weighted by molar-refractivity contribution is 5.81. The summed E-state index contributed by atoms with van der Waals surface area (Å²) in [5.74, 6) is -5.39. The zero-order chi connectivity index (χ0) is 42.4. The third-order valence-corrected chi connectivity index (χ3v) is 7.85. The van der Waals surface area contributed by atoms with Crippen LogP contribution >= 0.6 is 0 Å². The summed E-state index contributed by atoms with van der Waals surface area (Å²) in [4.78, 5) is 124. The van der Waals surface area contributed by atoms with E-state index in [0.29, 0.717) is 24.5 Å². The van der Waals surface area contributed by atoms with Gasteiger partial charge in [-0.25, -0.2) is 42.2 Å². The predicted octanol–water partition coefficient (Wildman–Crippen LogP) is -4.95. The van der Waals surface area contributed by atoms with E-state index in [4.69, 9.17) is 18.9 Å². The van der Waals surface area contributed by atoms with Crippen molar-refractivity contribution >= 4 is 29.6 Å². The van der Waals surface area contributed by atoms with Gasteiger partial charge in [-0.3, -0.25) is 33.9 Å². The maximum absolute atomic E-state index is 13.1. The second-order valence-electron chi connectivity index (χ2n) is 12.7. The third-order valence-electron chi connectivity index (χ3n) is 7.85. The van der Waals surface area contributed by atoms with E-state index in [1.54, 1.807) is 27.7 Å². The minimum atomic E-state index is -2.02. The second-order valence-corrected chi connectivity index (χ2v) is 12.7. The molecule has 0 saturated carbocycles. The third kappa shape index (κ3) is 12.9. The molecular formula is C31H44N6O19. The maximum Gasteiger partial charge on any atom is 0.350 e. The molecule has 0 spiro atoms. The number of aliphatic hydroxyl groups is 4. The van der Waals surface area contributed by atoms with Crippen molar-refractivity contribution in [3.05, 3.63) is 68.6 Å². The van der Waals surface area contributed by atoms with Crippen molar-refractivity contribution in [1.29, 1.82) is 0 Å². The molecule has 4 N–H and O–H groups in total. The second kappa shape index (κ2) is 21.3. The number of carbonyl (C=O) groups excluding carboxylic acids is 4. The van der Waals surface area contributed by atoms with Gasteiger partial charge in [-0.05, 0) is 11.8 Å². The number of nitro groups is 1. The molecule has 2 rings (SSSR count). The molecule has 312 valence electrons. The Labute approximate surface area is 314 Å². The summed E-state index contributed by atoms with van der Waals surface area (Å²) in [5.41, 5.74) is -7.91. The van der Waals surface area contributed by atoms with Crippen molar-refractivity contribution in [1.82, 2.24) is 22.8 Å². The first kappa shape index (κ1) is 46.4. The van der Waals surface area contributed by atoms with E-state index < -0.39 is 147 Å². The number of rotatable bonds is 22. The van der Waals surface area contributed by atoms with Gasteiger partial charge >= 0.3 is 57.9 Å². The highest BCUT2D eigenvalue weighted by Gasteiger charge is 2.25. The van der Waals surface area contributed by atoms with Crippen LogP contribution in [-0.4, -0.2) is 123 Å². The van der Waals surface area contributed by atoms with Gasteiger partial charge < -0.3 is 39.4 Å². The molecule has 56 heavy (non-hydrogen) atoms. The highest BCUT2D eigenvalue weighted by atomic mass is 16.6. The Morgan fingerprint density at radius 1 is 0.679 bits per heavy atom. The van der Waals surface area contributed by atoms with Crippen LogP contribution in [-0.2, 0) is 70.8 Å². The van der Waals surface area contributed by atoms with Gasteiger partial charge in [0.2, 0.25) is 0 Å². The van der Waals surface area contributed by atoms with Crippen LogP contribution in [0.4, 0.5) is 5.69 Å². The smallest absolute Gasteiger partial charge is 0.350 e. The Balaban J connectivity index is 2.18. The van der Waals surface area contributed by atoms with Crippen molar-refractivity contribution in [2.24, 2.45) is 11.8 Å². The van der Waals surface area contributed by atoms with Gasteiger partial charge in [0, 0.05) is 0 Å². The summed E-state index contributed by atoms with van der Waals surface area (Å²) in [7, 11) is 0. The molecule has 0 radical (unpaired) electrons. The molecule has 2 heterocycles. The molecule has 3 atom stereocenters. The van der Waals surface area contributed by atoms with E-state index >= 15 is 0 Å². The minimum absolute atomic E-state index is 0.0930. The molecule has 0 aliphatic heterocycles. The Kier molecular flexibility index (Phi) is 17.7. The molecule has 2 aromatic rings. The lowest BCUT2D eigenvalue weighted by atomic mass is 10.1. The summed E-state index contributed by atoms with van der Waals surface area (Å²) in [6.07, 6.45) is -4.44. The number of carbonyl (C=O) groups is 4. The number of aromatic nitrogens is 5. The zero-order valence-electron chi connectivity index (χ0n) is 30.8. The lowest BCUT2D eigenvalue weighted by Crippen LogP contribution is -2.55. The van der Waals surface area contributed by atoms with E-state index in [2.05, 4.69) is 0 Å². The largest absolute Gasteiger partial charge is 0.463 e. The van der Waals surface area contributed by atoms with E-state index in [-0.39, 0.29) is 23.0 Å². The summed E-state index contributed by atoms with van der Waals surface area (Å²) >= 11 is 0. The highest BCUT2D eigenvalue weighted by Crippen LogP contribution is 2.05. The number of ether oxygens (including phenoxy) is 4. The summed E-state index contributed by atoms with van der Waals surface area (Å²) < 4.78 is 21.2. The average Bonchev–Trinajstić information content (AvgIpc) is 3.13. The average molecular weight is 805 g/mol. The lowest BCUT2D eigenvalue weighted by molar-refractivity contribution is -0.387. The Hall–Kier alpha value is -5.79. The van der Waals surface area contributed by atoms with Crippen LogP contribution in [0.25, 0.3) is 0 Å². The fourth-order valence-electron chi connectivity index (χ4n) is 4.36. The van der Waals surface area contributed by atoms with Crippen LogP contribution < -0.4 is 28.3 Å². The number of esters is 4. The van der Waals surface area contributed by atoms with Gasteiger partial charge in [0.1, 0.15) is 39.5 Å². The molecule has 0 saturated heterocycles. The van der Waals surface area contributed by atoms with Crippen LogP contribution in [0.15, 0.2) is 30.2 Å². The zero-order valence-corrected chi connectivity index (χ0v) is 30.8. The monoisotopic (exact) mass is 804 g/mol. The maximum atomic E-state index is 13.1. The van der Waals surface area contributed by atoms with E-state index in [1.807, 2.05) is 0 Å². The molecule has 0 aliphatic carbocycles. The van der Waals surface area contributed by atoms with Gasteiger partial charge in [-0.2, -0.15) is 0 Å². The van der Waals surface area contributed by atoms with E-state index in [0.717, 1.165) is 0 Å². The molecular weight excluding hydrogens is 760 g/mol. The van der Waals surface area contributed by atoms with Crippen LogP contribution in [0.5, 0.6) is 0 Å². The number of aliphatic hydroxyl groups excluding tert-OH is 4. The van der Waals surface area contributed by atoms with Crippen molar-refractivity contribution in [3.63, 3.8) is 0 Å². The van der Waals surface area contributed by atoms with Crippen molar-refractivity contribution < 1.29 is 63.5 Å². The van der Waals surface area contributed by atoms with Crippen LogP contribution in [0.2, 0.25) is 0 Å². The summed E-state index contributed by atoms with van der Waals surface area (Å²) in [6, 6.07) is 0. The first-order chi connectivity index (χ1) is 26.2. The molecule has 2 aromatic heterocycles.